The van der Waals surface area contributed by atoms with Crippen molar-refractivity contribution in [1.29, 1.82) is 0 Å². The molecule has 0 spiro atoms. The number of carbonyl (C=O) groups is 3. The second kappa shape index (κ2) is 12.0. The van der Waals surface area contributed by atoms with Crippen LogP contribution in [0.2, 0.25) is 0 Å². The standard InChI is InChI=1S/C25H30N2O6/c28-17(14-23(29)26-13-7-1-2-12-24(30)31)15-27-25(32)33-16-22-20-10-5-3-8-18(20)19-9-4-6-11-21(19)22/h3-6,8-11,17,22,28H,1-2,7,12-16H2,(H,26,29)(H,27,32)(H,30,31). The van der Waals surface area contributed by atoms with E-state index >= 15 is 0 Å². The van der Waals surface area contributed by atoms with E-state index in [0.717, 1.165) is 22.3 Å². The summed E-state index contributed by atoms with van der Waals surface area (Å²) in [6.45, 7) is 0.506. The average molecular weight is 455 g/mol. The number of fused-ring (bicyclic) bond motifs is 3. The molecule has 8 heteroatoms. The maximum atomic E-state index is 12.1. The second-order valence-corrected chi connectivity index (χ2v) is 8.12. The Morgan fingerprint density at radius 1 is 0.909 bits per heavy atom. The van der Waals surface area contributed by atoms with Crippen LogP contribution in [0.1, 0.15) is 49.1 Å². The molecule has 1 aliphatic carbocycles. The molecule has 0 saturated carbocycles. The Labute approximate surface area is 193 Å². The zero-order chi connectivity index (χ0) is 23.6. The fraction of sp³-hybridized carbons (Fsp3) is 0.400. The average Bonchev–Trinajstić information content (AvgIpc) is 3.12. The number of carboxylic acid groups (broad SMARTS) is 1. The molecule has 8 nitrogen and oxygen atoms in total. The predicted molar refractivity (Wildman–Crippen MR) is 123 cm³/mol. The van der Waals surface area contributed by atoms with Gasteiger partial charge in [0, 0.05) is 25.4 Å². The first-order chi connectivity index (χ1) is 16.0. The summed E-state index contributed by atoms with van der Waals surface area (Å²) in [7, 11) is 0. The first kappa shape index (κ1) is 24.3. The number of hydrogen-bond donors (Lipinski definition) is 4. The van der Waals surface area contributed by atoms with Crippen molar-refractivity contribution in [2.75, 3.05) is 19.7 Å². The Morgan fingerprint density at radius 2 is 1.55 bits per heavy atom. The van der Waals surface area contributed by atoms with Crippen molar-refractivity contribution in [3.05, 3.63) is 59.7 Å². The highest BCUT2D eigenvalue weighted by molar-refractivity contribution is 5.79. The Balaban J connectivity index is 1.35. The fourth-order valence-electron chi connectivity index (χ4n) is 4.01. The van der Waals surface area contributed by atoms with Crippen molar-refractivity contribution in [3.8, 4) is 11.1 Å². The van der Waals surface area contributed by atoms with Crippen LogP contribution >= 0.6 is 0 Å². The number of benzene rings is 2. The second-order valence-electron chi connectivity index (χ2n) is 8.12. The molecule has 176 valence electrons. The molecule has 0 radical (unpaired) electrons. The predicted octanol–water partition coefficient (Wildman–Crippen LogP) is 3.04. The number of carboxylic acids is 1. The van der Waals surface area contributed by atoms with Crippen molar-refractivity contribution in [3.63, 3.8) is 0 Å². The first-order valence-corrected chi connectivity index (χ1v) is 11.2. The summed E-state index contributed by atoms with van der Waals surface area (Å²) in [5.74, 6) is -1.20. The zero-order valence-corrected chi connectivity index (χ0v) is 18.5. The van der Waals surface area contributed by atoms with Crippen LogP contribution in [-0.4, -0.2) is 54.0 Å². The van der Waals surface area contributed by atoms with Gasteiger partial charge in [-0.3, -0.25) is 9.59 Å². The van der Waals surface area contributed by atoms with Crippen LogP contribution in [0.15, 0.2) is 48.5 Å². The van der Waals surface area contributed by atoms with Gasteiger partial charge in [-0.05, 0) is 35.1 Å². The highest BCUT2D eigenvalue weighted by Crippen LogP contribution is 2.44. The maximum absolute atomic E-state index is 12.1. The van der Waals surface area contributed by atoms with Gasteiger partial charge in [0.2, 0.25) is 5.91 Å². The number of ether oxygens (including phenoxy) is 1. The number of aliphatic hydroxyl groups excluding tert-OH is 1. The SMILES string of the molecule is O=C(O)CCCCCNC(=O)CC(O)CNC(=O)OCC1c2ccccc2-c2ccccc21. The van der Waals surface area contributed by atoms with Crippen molar-refractivity contribution in [1.82, 2.24) is 10.6 Å². The number of nitrogens with one attached hydrogen (secondary N) is 2. The summed E-state index contributed by atoms with van der Waals surface area (Å²) in [6.07, 6.45) is 0.253. The van der Waals surface area contributed by atoms with Crippen LogP contribution in [0.4, 0.5) is 4.79 Å². The minimum atomic E-state index is -1.03. The number of amides is 2. The van der Waals surface area contributed by atoms with Gasteiger partial charge >= 0.3 is 12.1 Å². The molecule has 1 unspecified atom stereocenters. The molecule has 0 aromatic heterocycles. The van der Waals surface area contributed by atoms with Gasteiger partial charge in [0.1, 0.15) is 6.61 Å². The van der Waals surface area contributed by atoms with Gasteiger partial charge in [-0.15, -0.1) is 0 Å². The lowest BCUT2D eigenvalue weighted by Crippen LogP contribution is -2.36. The van der Waals surface area contributed by atoms with E-state index in [1.165, 1.54) is 0 Å². The molecule has 1 atom stereocenters. The molecule has 33 heavy (non-hydrogen) atoms. The van der Waals surface area contributed by atoms with Crippen molar-refractivity contribution in [2.45, 2.75) is 44.1 Å². The van der Waals surface area contributed by atoms with E-state index in [2.05, 4.69) is 22.8 Å². The minimum Gasteiger partial charge on any atom is -0.481 e. The summed E-state index contributed by atoms with van der Waals surface area (Å²) in [5.41, 5.74) is 4.52. The third kappa shape index (κ3) is 7.05. The lowest BCUT2D eigenvalue weighted by Gasteiger charge is -2.16. The van der Waals surface area contributed by atoms with E-state index in [-0.39, 0.29) is 37.8 Å². The Hall–Kier alpha value is -3.39. The van der Waals surface area contributed by atoms with Crippen molar-refractivity contribution in [2.24, 2.45) is 0 Å². The van der Waals surface area contributed by atoms with E-state index in [1.807, 2.05) is 36.4 Å². The normalized spacial score (nSPS) is 13.0. The number of aliphatic carboxylic acids is 1. The number of alkyl carbamates (subject to hydrolysis) is 1. The topological polar surface area (TPSA) is 125 Å². The molecule has 0 fully saturated rings. The molecule has 4 N–H and O–H groups in total. The largest absolute Gasteiger partial charge is 0.481 e. The number of hydrogen-bond acceptors (Lipinski definition) is 5. The van der Waals surface area contributed by atoms with Crippen LogP contribution < -0.4 is 10.6 Å². The van der Waals surface area contributed by atoms with Gasteiger partial charge in [0.25, 0.3) is 0 Å². The van der Waals surface area contributed by atoms with Gasteiger partial charge < -0.3 is 25.6 Å². The van der Waals surface area contributed by atoms with E-state index in [9.17, 15) is 19.5 Å². The molecule has 0 saturated heterocycles. The Kier molecular flexibility index (Phi) is 8.83. The molecule has 2 amide bonds. The van der Waals surface area contributed by atoms with Crippen molar-refractivity contribution < 1.29 is 29.3 Å². The Morgan fingerprint density at radius 3 is 2.18 bits per heavy atom. The number of rotatable bonds is 12. The van der Waals surface area contributed by atoms with Crippen LogP contribution in [0.3, 0.4) is 0 Å². The van der Waals surface area contributed by atoms with Crippen LogP contribution in [-0.2, 0) is 14.3 Å². The quantitative estimate of drug-likeness (QED) is 0.365. The highest BCUT2D eigenvalue weighted by atomic mass is 16.5. The maximum Gasteiger partial charge on any atom is 0.407 e. The highest BCUT2D eigenvalue weighted by Gasteiger charge is 2.29. The summed E-state index contributed by atoms with van der Waals surface area (Å²) >= 11 is 0. The van der Waals surface area contributed by atoms with E-state index in [0.29, 0.717) is 25.8 Å². The molecular weight excluding hydrogens is 424 g/mol. The van der Waals surface area contributed by atoms with Crippen molar-refractivity contribution >= 4 is 18.0 Å². The third-order valence-electron chi connectivity index (χ3n) is 5.64. The van der Waals surface area contributed by atoms with E-state index in [4.69, 9.17) is 9.84 Å². The van der Waals surface area contributed by atoms with Crippen LogP contribution in [0, 0.1) is 0 Å². The number of carbonyl (C=O) groups excluding carboxylic acids is 2. The lowest BCUT2D eigenvalue weighted by molar-refractivity contribution is -0.137. The molecule has 0 aliphatic heterocycles. The summed E-state index contributed by atoms with van der Waals surface area (Å²) in [6, 6.07) is 16.1. The molecule has 2 aromatic carbocycles. The Bertz CT molecular complexity index is 931. The molecule has 0 heterocycles. The summed E-state index contributed by atoms with van der Waals surface area (Å²) in [5, 5.41) is 23.8. The van der Waals surface area contributed by atoms with Crippen LogP contribution in [0.5, 0.6) is 0 Å². The fourth-order valence-corrected chi connectivity index (χ4v) is 4.01. The smallest absolute Gasteiger partial charge is 0.407 e. The van der Waals surface area contributed by atoms with Gasteiger partial charge in [0.05, 0.1) is 12.5 Å². The van der Waals surface area contributed by atoms with E-state index in [1.54, 1.807) is 0 Å². The van der Waals surface area contributed by atoms with Gasteiger partial charge in [-0.1, -0.05) is 55.0 Å². The van der Waals surface area contributed by atoms with Gasteiger partial charge in [0.15, 0.2) is 0 Å². The molecule has 0 bridgehead atoms. The third-order valence-corrected chi connectivity index (χ3v) is 5.64. The zero-order valence-electron chi connectivity index (χ0n) is 18.5. The molecule has 3 rings (SSSR count). The monoisotopic (exact) mass is 454 g/mol. The van der Waals surface area contributed by atoms with Crippen LogP contribution in [0.25, 0.3) is 11.1 Å². The molecular formula is C25H30N2O6. The summed E-state index contributed by atoms with van der Waals surface area (Å²) in [4.78, 5) is 34.5. The van der Waals surface area contributed by atoms with Gasteiger partial charge in [-0.2, -0.15) is 0 Å². The number of unbranched alkanes of at least 4 members (excludes halogenated alkanes) is 2. The van der Waals surface area contributed by atoms with E-state index < -0.39 is 18.2 Å². The first-order valence-electron chi connectivity index (χ1n) is 11.2. The van der Waals surface area contributed by atoms with Gasteiger partial charge in [-0.25, -0.2) is 4.79 Å². The summed E-state index contributed by atoms with van der Waals surface area (Å²) < 4.78 is 5.41. The lowest BCUT2D eigenvalue weighted by atomic mass is 9.98. The molecule has 1 aliphatic rings. The number of aliphatic hydroxyl groups is 1. The minimum absolute atomic E-state index is 0.0469. The molecule has 2 aromatic rings.